The van der Waals surface area contributed by atoms with Crippen LogP contribution in [-0.2, 0) is 26.2 Å². The lowest BCUT2D eigenvalue weighted by molar-refractivity contribution is -0.140. The van der Waals surface area contributed by atoms with E-state index in [1.165, 1.54) is 24.1 Å². The summed E-state index contributed by atoms with van der Waals surface area (Å²) in [5.41, 5.74) is 2.07. The van der Waals surface area contributed by atoms with Crippen LogP contribution in [0.4, 0.5) is 5.69 Å². The van der Waals surface area contributed by atoms with Gasteiger partial charge in [-0.2, -0.15) is 0 Å². The molecule has 7 nitrogen and oxygen atoms in total. The van der Waals surface area contributed by atoms with Crippen LogP contribution in [-0.4, -0.2) is 44.8 Å². The van der Waals surface area contributed by atoms with Gasteiger partial charge in [0.05, 0.1) is 15.6 Å². The molecule has 0 unspecified atom stereocenters. The molecule has 0 fully saturated rings. The number of rotatable bonds is 10. The molecule has 0 aliphatic heterocycles. The minimum absolute atomic E-state index is 0.0288. The molecule has 36 heavy (non-hydrogen) atoms. The minimum atomic E-state index is -4.14. The van der Waals surface area contributed by atoms with E-state index in [0.29, 0.717) is 6.42 Å². The lowest BCUT2D eigenvalue weighted by Gasteiger charge is -2.33. The minimum Gasteiger partial charge on any atom is -0.357 e. The summed E-state index contributed by atoms with van der Waals surface area (Å²) in [6.07, 6.45) is 0.356. The van der Waals surface area contributed by atoms with E-state index in [1.54, 1.807) is 42.5 Å². The smallest absolute Gasteiger partial charge is 0.264 e. The maximum Gasteiger partial charge on any atom is 0.264 e. The summed E-state index contributed by atoms with van der Waals surface area (Å²) in [5.74, 6) is -0.848. The number of para-hydroxylation sites is 1. The van der Waals surface area contributed by atoms with E-state index >= 15 is 0 Å². The molecule has 9 heteroatoms. The summed E-state index contributed by atoms with van der Waals surface area (Å²) in [7, 11) is -2.63. The number of benzene rings is 3. The monoisotopic (exact) mass is 527 g/mol. The Morgan fingerprint density at radius 2 is 1.56 bits per heavy atom. The number of nitrogens with zero attached hydrogens (tertiary/aromatic N) is 2. The van der Waals surface area contributed by atoms with E-state index in [2.05, 4.69) is 5.32 Å². The molecule has 3 aromatic rings. The van der Waals surface area contributed by atoms with E-state index in [4.69, 9.17) is 11.6 Å². The summed E-state index contributed by atoms with van der Waals surface area (Å²) >= 11 is 6.39. The second-order valence-corrected chi connectivity index (χ2v) is 10.6. The zero-order valence-electron chi connectivity index (χ0n) is 20.5. The van der Waals surface area contributed by atoms with Crippen molar-refractivity contribution in [3.8, 4) is 0 Å². The Morgan fingerprint density at radius 3 is 2.14 bits per heavy atom. The van der Waals surface area contributed by atoms with Gasteiger partial charge in [-0.15, -0.1) is 0 Å². The molecule has 0 bridgehead atoms. The molecule has 0 saturated heterocycles. The van der Waals surface area contributed by atoms with Crippen molar-refractivity contribution in [2.75, 3.05) is 17.9 Å². The van der Waals surface area contributed by atoms with Gasteiger partial charge in [0.25, 0.3) is 10.0 Å². The van der Waals surface area contributed by atoms with Crippen molar-refractivity contribution >= 4 is 39.1 Å². The number of nitrogens with one attached hydrogen (secondary N) is 1. The quantitative estimate of drug-likeness (QED) is 0.423. The van der Waals surface area contributed by atoms with Crippen molar-refractivity contribution in [3.05, 3.63) is 95.0 Å². The molecule has 1 atom stereocenters. The number of sulfonamides is 1. The largest absolute Gasteiger partial charge is 0.357 e. The number of hydrogen-bond acceptors (Lipinski definition) is 4. The van der Waals surface area contributed by atoms with Crippen LogP contribution in [0.5, 0.6) is 0 Å². The van der Waals surface area contributed by atoms with Crippen molar-refractivity contribution in [3.63, 3.8) is 0 Å². The second-order valence-electron chi connectivity index (χ2n) is 8.32. The van der Waals surface area contributed by atoms with Crippen LogP contribution in [0.3, 0.4) is 0 Å². The summed E-state index contributed by atoms with van der Waals surface area (Å²) in [6.45, 7) is 3.39. The molecule has 0 spiro atoms. The summed E-state index contributed by atoms with van der Waals surface area (Å²) in [4.78, 5) is 28.0. The number of carbonyl (C=O) groups is 2. The fourth-order valence-corrected chi connectivity index (χ4v) is 5.61. The number of carbonyl (C=O) groups excluding carboxylic acids is 2. The maximum absolute atomic E-state index is 13.8. The molecule has 0 radical (unpaired) electrons. The Morgan fingerprint density at radius 1 is 0.944 bits per heavy atom. The van der Waals surface area contributed by atoms with Gasteiger partial charge in [-0.1, -0.05) is 78.7 Å². The lowest BCUT2D eigenvalue weighted by atomic mass is 10.1. The normalized spacial score (nSPS) is 12.0. The molecular weight excluding hydrogens is 498 g/mol. The Labute approximate surface area is 217 Å². The highest BCUT2D eigenvalue weighted by Crippen LogP contribution is 2.30. The van der Waals surface area contributed by atoms with Crippen LogP contribution in [0, 0.1) is 6.92 Å². The highest BCUT2D eigenvalue weighted by atomic mass is 35.5. The first-order chi connectivity index (χ1) is 17.2. The maximum atomic E-state index is 13.8. The zero-order chi connectivity index (χ0) is 26.3. The molecule has 0 aliphatic carbocycles. The predicted octanol–water partition coefficient (Wildman–Crippen LogP) is 4.40. The third kappa shape index (κ3) is 6.25. The Kier molecular flexibility index (Phi) is 9.12. The predicted molar refractivity (Wildman–Crippen MR) is 142 cm³/mol. The van der Waals surface area contributed by atoms with Crippen LogP contribution in [0.25, 0.3) is 0 Å². The van der Waals surface area contributed by atoms with Crippen molar-refractivity contribution in [2.45, 2.75) is 37.8 Å². The fraction of sp³-hybridized carbons (Fsp3) is 0.259. The van der Waals surface area contributed by atoms with Crippen LogP contribution in [0.1, 0.15) is 24.5 Å². The number of amides is 2. The van der Waals surface area contributed by atoms with E-state index in [-0.39, 0.29) is 28.1 Å². The average Bonchev–Trinajstić information content (AvgIpc) is 2.89. The highest BCUT2D eigenvalue weighted by molar-refractivity contribution is 7.92. The van der Waals surface area contributed by atoms with Crippen molar-refractivity contribution in [1.29, 1.82) is 0 Å². The van der Waals surface area contributed by atoms with Gasteiger partial charge in [-0.05, 0) is 43.2 Å². The first-order valence-electron chi connectivity index (χ1n) is 11.6. The third-order valence-electron chi connectivity index (χ3n) is 5.84. The molecular formula is C27H30ClN3O4S. The summed E-state index contributed by atoms with van der Waals surface area (Å²) < 4.78 is 28.4. The molecule has 1 N–H and O–H groups in total. The fourth-order valence-electron chi connectivity index (χ4n) is 3.86. The lowest BCUT2D eigenvalue weighted by Crippen LogP contribution is -2.51. The van der Waals surface area contributed by atoms with E-state index in [0.717, 1.165) is 15.4 Å². The SMILES string of the molecule is CC[C@@H](C(=O)NC)N(Cc1ccc(C)cc1)C(=O)CN(c1ccccc1Cl)S(=O)(=O)c1ccccc1. The van der Waals surface area contributed by atoms with Crippen molar-refractivity contribution in [1.82, 2.24) is 10.2 Å². The topological polar surface area (TPSA) is 86.8 Å². The van der Waals surface area contributed by atoms with Gasteiger partial charge in [0.15, 0.2) is 0 Å². The molecule has 3 aromatic carbocycles. The number of aryl methyl sites for hydroxylation is 1. The number of likely N-dealkylation sites (N-methyl/N-ethyl adjacent to an activating group) is 1. The van der Waals surface area contributed by atoms with Crippen molar-refractivity contribution < 1.29 is 18.0 Å². The molecule has 0 aromatic heterocycles. The Hall–Kier alpha value is -3.36. The standard InChI is InChI=1S/C27H30ClN3O4S/c1-4-24(27(33)29-3)30(18-21-16-14-20(2)15-17-21)26(32)19-31(25-13-9-8-12-23(25)28)36(34,35)22-10-6-5-7-11-22/h5-17,24H,4,18-19H2,1-3H3,(H,29,33)/t24-/m0/s1. The first-order valence-corrected chi connectivity index (χ1v) is 13.4. The van der Waals surface area contributed by atoms with Gasteiger partial charge >= 0.3 is 0 Å². The van der Waals surface area contributed by atoms with Crippen LogP contribution < -0.4 is 9.62 Å². The second kappa shape index (κ2) is 12.1. The molecule has 3 rings (SSSR count). The van der Waals surface area contributed by atoms with Gasteiger partial charge in [-0.3, -0.25) is 13.9 Å². The Bertz CT molecular complexity index is 1300. The van der Waals surface area contributed by atoms with Gasteiger partial charge < -0.3 is 10.2 Å². The molecule has 0 aliphatic rings. The number of anilines is 1. The number of hydrogen-bond donors (Lipinski definition) is 1. The van der Waals surface area contributed by atoms with Crippen LogP contribution in [0.15, 0.2) is 83.8 Å². The average molecular weight is 528 g/mol. The molecule has 0 saturated carbocycles. The van der Waals surface area contributed by atoms with E-state index < -0.39 is 28.5 Å². The van der Waals surface area contributed by atoms with Gasteiger partial charge in [-0.25, -0.2) is 8.42 Å². The Balaban J connectivity index is 2.05. The van der Waals surface area contributed by atoms with E-state index in [1.807, 2.05) is 38.1 Å². The highest BCUT2D eigenvalue weighted by Gasteiger charge is 2.34. The van der Waals surface area contributed by atoms with Crippen LogP contribution in [0.2, 0.25) is 5.02 Å². The third-order valence-corrected chi connectivity index (χ3v) is 7.93. The molecule has 0 heterocycles. The molecule has 190 valence electrons. The zero-order valence-corrected chi connectivity index (χ0v) is 22.1. The summed E-state index contributed by atoms with van der Waals surface area (Å²) in [5, 5.41) is 2.80. The molecule has 2 amide bonds. The first kappa shape index (κ1) is 27.2. The van der Waals surface area contributed by atoms with Gasteiger partial charge in [0.2, 0.25) is 11.8 Å². The van der Waals surface area contributed by atoms with Crippen LogP contribution >= 0.6 is 11.6 Å². The number of halogens is 1. The van der Waals surface area contributed by atoms with Crippen molar-refractivity contribution in [2.24, 2.45) is 0 Å². The van der Waals surface area contributed by atoms with E-state index in [9.17, 15) is 18.0 Å². The van der Waals surface area contributed by atoms with Gasteiger partial charge in [0, 0.05) is 13.6 Å². The van der Waals surface area contributed by atoms with Gasteiger partial charge in [0.1, 0.15) is 12.6 Å². The summed E-state index contributed by atoms with van der Waals surface area (Å²) in [6, 6.07) is 21.2.